The molecule has 0 unspecified atom stereocenters. The molecule has 1 aliphatic carbocycles. The SMILES string of the molecule is COCC[S@@+]([O-])c1sc2nc(-c3cncnc3)cc(C3CCC3)c2c1N. The van der Waals surface area contributed by atoms with E-state index in [4.69, 9.17) is 15.5 Å². The van der Waals surface area contributed by atoms with Crippen molar-refractivity contribution in [3.63, 3.8) is 0 Å². The second kappa shape index (κ2) is 7.48. The zero-order valence-electron chi connectivity index (χ0n) is 14.5. The molecule has 136 valence electrons. The lowest BCUT2D eigenvalue weighted by molar-refractivity contribution is 0.217. The smallest absolute Gasteiger partial charge is 0.232 e. The molecule has 4 rings (SSSR count). The Kier molecular flexibility index (Phi) is 5.08. The molecule has 0 aromatic carbocycles. The minimum absolute atomic E-state index is 0.436. The number of anilines is 1. The summed E-state index contributed by atoms with van der Waals surface area (Å²) in [7, 11) is 1.61. The van der Waals surface area contributed by atoms with Crippen LogP contribution >= 0.6 is 11.3 Å². The zero-order valence-corrected chi connectivity index (χ0v) is 16.1. The number of aromatic nitrogens is 3. The number of thiophene rings is 1. The summed E-state index contributed by atoms with van der Waals surface area (Å²) in [6, 6.07) is 2.11. The lowest BCUT2D eigenvalue weighted by atomic mass is 9.79. The van der Waals surface area contributed by atoms with Crippen molar-refractivity contribution < 1.29 is 9.29 Å². The van der Waals surface area contributed by atoms with Gasteiger partial charge in [0.25, 0.3) is 0 Å². The number of fused-ring (bicyclic) bond motifs is 1. The number of hydrogen-bond donors (Lipinski definition) is 1. The monoisotopic (exact) mass is 388 g/mol. The second-order valence-corrected chi connectivity index (χ2v) is 9.14. The first-order chi connectivity index (χ1) is 12.7. The van der Waals surface area contributed by atoms with Crippen molar-refractivity contribution in [3.8, 4) is 11.3 Å². The summed E-state index contributed by atoms with van der Waals surface area (Å²) in [4.78, 5) is 13.8. The molecule has 6 nitrogen and oxygen atoms in total. The molecule has 0 radical (unpaired) electrons. The van der Waals surface area contributed by atoms with Crippen molar-refractivity contribution >= 4 is 38.4 Å². The van der Waals surface area contributed by atoms with E-state index in [1.807, 2.05) is 0 Å². The molecule has 1 saturated carbocycles. The Bertz CT molecular complexity index is 912. The van der Waals surface area contributed by atoms with Crippen LogP contribution in [-0.2, 0) is 15.9 Å². The molecule has 3 aromatic rings. The lowest BCUT2D eigenvalue weighted by Crippen LogP contribution is -2.12. The van der Waals surface area contributed by atoms with E-state index in [0.717, 1.165) is 34.3 Å². The summed E-state index contributed by atoms with van der Waals surface area (Å²) in [6.45, 7) is 0.440. The molecule has 1 atom stereocenters. The van der Waals surface area contributed by atoms with Gasteiger partial charge in [0, 0.05) is 41.6 Å². The molecule has 0 saturated heterocycles. The maximum absolute atomic E-state index is 12.6. The third kappa shape index (κ3) is 3.18. The first-order valence-corrected chi connectivity index (χ1v) is 10.7. The number of ether oxygens (including phenoxy) is 1. The highest BCUT2D eigenvalue weighted by Gasteiger charge is 2.29. The Labute approximate surface area is 159 Å². The Morgan fingerprint density at radius 1 is 1.35 bits per heavy atom. The number of hydrogen-bond acceptors (Lipinski definition) is 7. The van der Waals surface area contributed by atoms with Gasteiger partial charge in [-0.3, -0.25) is 0 Å². The Morgan fingerprint density at radius 2 is 2.12 bits per heavy atom. The third-order valence-electron chi connectivity index (χ3n) is 4.78. The van der Waals surface area contributed by atoms with E-state index in [9.17, 15) is 4.55 Å². The number of rotatable bonds is 6. The van der Waals surface area contributed by atoms with E-state index >= 15 is 0 Å². The van der Waals surface area contributed by atoms with Gasteiger partial charge in [0.15, 0.2) is 0 Å². The van der Waals surface area contributed by atoms with Crippen LogP contribution in [0.25, 0.3) is 21.5 Å². The van der Waals surface area contributed by atoms with Crippen LogP contribution in [0.4, 0.5) is 5.69 Å². The molecule has 2 N–H and O–H groups in total. The Balaban J connectivity index is 1.85. The van der Waals surface area contributed by atoms with Gasteiger partial charge in [-0.1, -0.05) is 17.8 Å². The van der Waals surface area contributed by atoms with Crippen molar-refractivity contribution in [2.75, 3.05) is 25.2 Å². The average molecular weight is 389 g/mol. The Hall–Kier alpha value is -1.74. The second-order valence-electron chi connectivity index (χ2n) is 6.38. The van der Waals surface area contributed by atoms with Gasteiger partial charge in [-0.05, 0) is 30.4 Å². The molecule has 26 heavy (non-hydrogen) atoms. The summed E-state index contributed by atoms with van der Waals surface area (Å²) in [5.74, 6) is 0.923. The fourth-order valence-corrected chi connectivity index (χ4v) is 5.74. The predicted molar refractivity (Wildman–Crippen MR) is 105 cm³/mol. The quantitative estimate of drug-likeness (QED) is 0.650. The maximum Gasteiger partial charge on any atom is 0.232 e. The first-order valence-electron chi connectivity index (χ1n) is 8.54. The molecule has 3 aromatic heterocycles. The van der Waals surface area contributed by atoms with Crippen molar-refractivity contribution in [1.82, 2.24) is 15.0 Å². The van der Waals surface area contributed by atoms with Crippen LogP contribution in [0.1, 0.15) is 30.7 Å². The van der Waals surface area contributed by atoms with Gasteiger partial charge in [-0.25, -0.2) is 15.0 Å². The molecule has 0 spiro atoms. The molecular weight excluding hydrogens is 368 g/mol. The minimum Gasteiger partial charge on any atom is -0.611 e. The molecule has 0 aliphatic heterocycles. The minimum atomic E-state index is -1.18. The topological polar surface area (TPSA) is 97.0 Å². The summed E-state index contributed by atoms with van der Waals surface area (Å²) >= 11 is 0.245. The highest BCUT2D eigenvalue weighted by atomic mass is 32.2. The van der Waals surface area contributed by atoms with Gasteiger partial charge in [-0.2, -0.15) is 0 Å². The van der Waals surface area contributed by atoms with Crippen LogP contribution in [0.15, 0.2) is 29.0 Å². The van der Waals surface area contributed by atoms with E-state index in [1.54, 1.807) is 19.5 Å². The van der Waals surface area contributed by atoms with Crippen LogP contribution in [0.5, 0.6) is 0 Å². The van der Waals surface area contributed by atoms with Crippen LogP contribution in [0.2, 0.25) is 0 Å². The third-order valence-corrected chi connectivity index (χ3v) is 7.65. The van der Waals surface area contributed by atoms with Gasteiger partial charge in [0.2, 0.25) is 4.21 Å². The summed E-state index contributed by atoms with van der Waals surface area (Å²) < 4.78 is 18.4. The summed E-state index contributed by atoms with van der Waals surface area (Å²) in [5.41, 5.74) is 9.98. The van der Waals surface area contributed by atoms with Crippen LogP contribution in [0, 0.1) is 0 Å². The van der Waals surface area contributed by atoms with Crippen LogP contribution in [0.3, 0.4) is 0 Å². The summed E-state index contributed by atoms with van der Waals surface area (Å²) in [6.07, 6.45) is 8.58. The van der Waals surface area contributed by atoms with Gasteiger partial charge in [0.05, 0.1) is 12.3 Å². The molecule has 3 heterocycles. The van der Waals surface area contributed by atoms with Crippen molar-refractivity contribution in [1.29, 1.82) is 0 Å². The van der Waals surface area contributed by atoms with E-state index < -0.39 is 11.2 Å². The fraction of sp³-hybridized carbons (Fsp3) is 0.389. The number of nitrogen functional groups attached to an aromatic ring is 1. The number of pyridine rings is 1. The van der Waals surface area contributed by atoms with E-state index in [2.05, 4.69) is 16.0 Å². The first kappa shape index (κ1) is 17.7. The molecule has 0 amide bonds. The largest absolute Gasteiger partial charge is 0.611 e. The predicted octanol–water partition coefficient (Wildman–Crippen LogP) is 3.36. The molecule has 8 heteroatoms. The summed E-state index contributed by atoms with van der Waals surface area (Å²) in [5, 5.41) is 0.973. The highest BCUT2D eigenvalue weighted by Crippen LogP contribution is 2.46. The fourth-order valence-electron chi connectivity index (χ4n) is 3.17. The van der Waals surface area contributed by atoms with E-state index in [0.29, 0.717) is 28.2 Å². The molecular formula is C18H20N4O2S2. The van der Waals surface area contributed by atoms with Crippen molar-refractivity contribution in [2.24, 2.45) is 0 Å². The van der Waals surface area contributed by atoms with E-state index in [-0.39, 0.29) is 0 Å². The molecule has 1 aliphatic rings. The normalized spacial score (nSPS) is 15.9. The number of nitrogens with two attached hydrogens (primary N) is 1. The molecule has 0 bridgehead atoms. The lowest BCUT2D eigenvalue weighted by Gasteiger charge is -2.27. The number of nitrogens with zero attached hydrogens (tertiary/aromatic N) is 3. The molecule has 1 fully saturated rings. The standard InChI is InChI=1S/C18H20N4O2S2/c1-24-5-6-26(23)18-16(19)15-13(11-3-2-4-11)7-14(22-17(15)25-18)12-8-20-10-21-9-12/h7-11H,2-6,19H2,1H3/t26-/m1/s1. The van der Waals surface area contributed by atoms with Crippen LogP contribution < -0.4 is 5.73 Å². The van der Waals surface area contributed by atoms with Gasteiger partial charge >= 0.3 is 0 Å². The van der Waals surface area contributed by atoms with Gasteiger partial charge < -0.3 is 15.0 Å². The number of methoxy groups -OCH3 is 1. The maximum atomic E-state index is 12.6. The van der Waals surface area contributed by atoms with Crippen molar-refractivity contribution in [2.45, 2.75) is 29.4 Å². The zero-order chi connectivity index (χ0) is 18.1. The van der Waals surface area contributed by atoms with Gasteiger partial charge in [0.1, 0.15) is 22.6 Å². The van der Waals surface area contributed by atoms with Crippen LogP contribution in [-0.4, -0.2) is 39.0 Å². The average Bonchev–Trinajstić information content (AvgIpc) is 2.96. The van der Waals surface area contributed by atoms with E-state index in [1.165, 1.54) is 29.6 Å². The van der Waals surface area contributed by atoms with Gasteiger partial charge in [-0.15, -0.1) is 0 Å². The van der Waals surface area contributed by atoms with Crippen molar-refractivity contribution in [3.05, 3.63) is 30.4 Å². The Morgan fingerprint density at radius 3 is 2.77 bits per heavy atom. The highest BCUT2D eigenvalue weighted by molar-refractivity contribution is 7.93.